The van der Waals surface area contributed by atoms with E-state index in [1.165, 1.54) is 17.5 Å². The predicted molar refractivity (Wildman–Crippen MR) is 74.5 cm³/mol. The minimum Gasteiger partial charge on any atom is -0.317 e. The van der Waals surface area contributed by atoms with Crippen LogP contribution in [0.3, 0.4) is 0 Å². The van der Waals surface area contributed by atoms with E-state index in [9.17, 15) is 0 Å². The van der Waals surface area contributed by atoms with Crippen LogP contribution >= 0.6 is 0 Å². The lowest BCUT2D eigenvalue weighted by Crippen LogP contribution is -2.46. The Hall–Kier alpha value is -0.820. The van der Waals surface area contributed by atoms with E-state index in [1.54, 1.807) is 0 Å². The van der Waals surface area contributed by atoms with E-state index in [2.05, 4.69) is 64.3 Å². The topological polar surface area (TPSA) is 12.0 Å². The average molecular weight is 231 g/mol. The molecule has 0 saturated heterocycles. The molecule has 0 radical (unpaired) electrons. The van der Waals surface area contributed by atoms with Crippen LogP contribution in [0.25, 0.3) is 0 Å². The maximum Gasteiger partial charge on any atom is 0.0101 e. The van der Waals surface area contributed by atoms with Crippen molar-refractivity contribution in [3.8, 4) is 0 Å². The molecule has 1 heteroatoms. The highest BCUT2D eigenvalue weighted by molar-refractivity contribution is 5.31. The second-order valence-corrected chi connectivity index (χ2v) is 6.47. The van der Waals surface area contributed by atoms with Gasteiger partial charge in [0.05, 0.1) is 0 Å². The zero-order valence-electron chi connectivity index (χ0n) is 11.7. The second kappa shape index (κ2) is 4.45. The lowest BCUT2D eigenvalue weighted by molar-refractivity contribution is 0.194. The lowest BCUT2D eigenvalue weighted by atomic mass is 9.67. The van der Waals surface area contributed by atoms with Crippen LogP contribution in [0.15, 0.2) is 24.3 Å². The normalized spacial score (nSPS) is 28.9. The molecule has 2 rings (SSSR count). The van der Waals surface area contributed by atoms with Gasteiger partial charge in [0, 0.05) is 6.04 Å². The highest BCUT2D eigenvalue weighted by Crippen LogP contribution is 2.42. The smallest absolute Gasteiger partial charge is 0.0101 e. The third kappa shape index (κ3) is 2.40. The highest BCUT2D eigenvalue weighted by atomic mass is 14.9. The fourth-order valence-corrected chi connectivity index (χ4v) is 2.84. The van der Waals surface area contributed by atoms with Crippen molar-refractivity contribution in [3.05, 3.63) is 35.4 Å². The number of rotatable bonds is 2. The number of hydrogen-bond donors (Lipinski definition) is 1. The molecular formula is C16H25N. The first kappa shape index (κ1) is 12.6. The lowest BCUT2D eigenvalue weighted by Gasteiger charge is -2.43. The molecule has 1 nitrogen and oxygen atoms in total. The van der Waals surface area contributed by atoms with E-state index in [0.29, 0.717) is 6.04 Å². The molecule has 1 N–H and O–H groups in total. The standard InChI is InChI=1S/C16H25N/c1-11-14(10-15(11)17-5)12-6-8-13(9-7-12)16(2,3)4/h6-9,11,14-15,17H,10H2,1-5H3. The summed E-state index contributed by atoms with van der Waals surface area (Å²) in [4.78, 5) is 0. The van der Waals surface area contributed by atoms with Gasteiger partial charge < -0.3 is 5.32 Å². The molecule has 0 spiro atoms. The van der Waals surface area contributed by atoms with Crippen LogP contribution in [-0.4, -0.2) is 13.1 Å². The summed E-state index contributed by atoms with van der Waals surface area (Å²) in [5.74, 6) is 1.52. The molecule has 0 aliphatic heterocycles. The van der Waals surface area contributed by atoms with Gasteiger partial charge in [-0.3, -0.25) is 0 Å². The maximum absolute atomic E-state index is 3.39. The molecular weight excluding hydrogens is 206 g/mol. The molecule has 0 bridgehead atoms. The Morgan fingerprint density at radius 3 is 2.12 bits per heavy atom. The van der Waals surface area contributed by atoms with Gasteiger partial charge in [0.25, 0.3) is 0 Å². The van der Waals surface area contributed by atoms with Crippen LogP contribution in [0.1, 0.15) is 51.2 Å². The molecule has 1 aromatic carbocycles. The summed E-state index contributed by atoms with van der Waals surface area (Å²) in [6.45, 7) is 9.16. The summed E-state index contributed by atoms with van der Waals surface area (Å²) in [5.41, 5.74) is 3.20. The Balaban J connectivity index is 2.10. The van der Waals surface area contributed by atoms with Gasteiger partial charge >= 0.3 is 0 Å². The van der Waals surface area contributed by atoms with Gasteiger partial charge in [0.1, 0.15) is 0 Å². The quantitative estimate of drug-likeness (QED) is 0.818. The van der Waals surface area contributed by atoms with Crippen LogP contribution in [-0.2, 0) is 5.41 Å². The Morgan fingerprint density at radius 1 is 1.12 bits per heavy atom. The van der Waals surface area contributed by atoms with Crippen LogP contribution in [0.4, 0.5) is 0 Å². The van der Waals surface area contributed by atoms with Gasteiger partial charge in [-0.25, -0.2) is 0 Å². The van der Waals surface area contributed by atoms with Crippen LogP contribution in [0.5, 0.6) is 0 Å². The maximum atomic E-state index is 3.39. The number of benzene rings is 1. The first-order chi connectivity index (χ1) is 7.93. The summed E-state index contributed by atoms with van der Waals surface area (Å²) >= 11 is 0. The fourth-order valence-electron chi connectivity index (χ4n) is 2.84. The van der Waals surface area contributed by atoms with Gasteiger partial charge in [-0.2, -0.15) is 0 Å². The summed E-state index contributed by atoms with van der Waals surface area (Å²) < 4.78 is 0. The molecule has 1 aliphatic carbocycles. The van der Waals surface area contributed by atoms with Crippen molar-refractivity contribution in [1.82, 2.24) is 5.32 Å². The van der Waals surface area contributed by atoms with Crippen LogP contribution in [0.2, 0.25) is 0 Å². The Bertz CT molecular complexity index is 372. The Kier molecular flexibility index (Phi) is 3.31. The number of hydrogen-bond acceptors (Lipinski definition) is 1. The second-order valence-electron chi connectivity index (χ2n) is 6.47. The molecule has 94 valence electrons. The summed E-state index contributed by atoms with van der Waals surface area (Å²) in [6, 6.07) is 9.97. The average Bonchev–Trinajstić information content (AvgIpc) is 2.27. The van der Waals surface area contributed by atoms with Gasteiger partial charge in [0.2, 0.25) is 0 Å². The Labute approximate surface area is 106 Å². The molecule has 1 aromatic rings. The largest absolute Gasteiger partial charge is 0.317 e. The van der Waals surface area contributed by atoms with E-state index < -0.39 is 0 Å². The molecule has 0 amide bonds. The van der Waals surface area contributed by atoms with E-state index in [0.717, 1.165) is 11.8 Å². The van der Waals surface area contributed by atoms with Gasteiger partial charge in [-0.05, 0) is 41.8 Å². The van der Waals surface area contributed by atoms with Crippen LogP contribution < -0.4 is 5.32 Å². The van der Waals surface area contributed by atoms with E-state index >= 15 is 0 Å². The van der Waals surface area contributed by atoms with Crippen molar-refractivity contribution in [3.63, 3.8) is 0 Å². The van der Waals surface area contributed by atoms with Gasteiger partial charge in [0.15, 0.2) is 0 Å². The first-order valence-electron chi connectivity index (χ1n) is 6.71. The third-order valence-corrected chi connectivity index (χ3v) is 4.35. The third-order valence-electron chi connectivity index (χ3n) is 4.35. The van der Waals surface area contributed by atoms with Crippen molar-refractivity contribution < 1.29 is 0 Å². The van der Waals surface area contributed by atoms with E-state index in [4.69, 9.17) is 0 Å². The van der Waals surface area contributed by atoms with Crippen molar-refractivity contribution >= 4 is 0 Å². The first-order valence-corrected chi connectivity index (χ1v) is 6.71. The SMILES string of the molecule is CNC1CC(c2ccc(C(C)(C)C)cc2)C1C. The van der Waals surface area contributed by atoms with Gasteiger partial charge in [-0.1, -0.05) is 52.0 Å². The highest BCUT2D eigenvalue weighted by Gasteiger charge is 2.37. The molecule has 1 saturated carbocycles. The molecule has 3 unspecified atom stereocenters. The summed E-state index contributed by atoms with van der Waals surface area (Å²) in [7, 11) is 2.07. The minimum absolute atomic E-state index is 0.261. The van der Waals surface area contributed by atoms with Crippen molar-refractivity contribution in [2.45, 2.75) is 51.5 Å². The van der Waals surface area contributed by atoms with Crippen molar-refractivity contribution in [2.24, 2.45) is 5.92 Å². The van der Waals surface area contributed by atoms with Crippen molar-refractivity contribution in [1.29, 1.82) is 0 Å². The summed E-state index contributed by atoms with van der Waals surface area (Å²) in [5, 5.41) is 3.39. The number of nitrogens with one attached hydrogen (secondary N) is 1. The van der Waals surface area contributed by atoms with Gasteiger partial charge in [-0.15, -0.1) is 0 Å². The monoisotopic (exact) mass is 231 g/mol. The summed E-state index contributed by atoms with van der Waals surface area (Å²) in [6.07, 6.45) is 1.28. The van der Waals surface area contributed by atoms with E-state index in [-0.39, 0.29) is 5.41 Å². The molecule has 3 atom stereocenters. The molecule has 17 heavy (non-hydrogen) atoms. The van der Waals surface area contributed by atoms with Crippen molar-refractivity contribution in [2.75, 3.05) is 7.05 Å². The van der Waals surface area contributed by atoms with Crippen LogP contribution in [0, 0.1) is 5.92 Å². The molecule has 1 fully saturated rings. The zero-order chi connectivity index (χ0) is 12.6. The fraction of sp³-hybridized carbons (Fsp3) is 0.625. The Morgan fingerprint density at radius 2 is 1.71 bits per heavy atom. The molecule has 0 aromatic heterocycles. The molecule has 0 heterocycles. The molecule has 1 aliphatic rings. The zero-order valence-corrected chi connectivity index (χ0v) is 11.7. The van der Waals surface area contributed by atoms with E-state index in [1.807, 2.05) is 0 Å². The predicted octanol–water partition coefficient (Wildman–Crippen LogP) is 3.70. The minimum atomic E-state index is 0.261.